The third kappa shape index (κ3) is 4.30. The van der Waals surface area contributed by atoms with Gasteiger partial charge in [0.05, 0.1) is 0 Å². The van der Waals surface area contributed by atoms with Gasteiger partial charge in [0.2, 0.25) is 0 Å². The van der Waals surface area contributed by atoms with E-state index in [1.807, 2.05) is 12.1 Å². The molecule has 0 aliphatic carbocycles. The van der Waals surface area contributed by atoms with Gasteiger partial charge in [0, 0.05) is 18.0 Å². The number of benzene rings is 1. The summed E-state index contributed by atoms with van der Waals surface area (Å²) in [5.41, 5.74) is 1.22. The molecule has 2 aliphatic heterocycles. The van der Waals surface area contributed by atoms with E-state index in [4.69, 9.17) is 14.6 Å². The van der Waals surface area contributed by atoms with Crippen molar-refractivity contribution in [1.82, 2.24) is 4.90 Å². The van der Waals surface area contributed by atoms with Crippen LogP contribution in [0.2, 0.25) is 0 Å². The van der Waals surface area contributed by atoms with E-state index in [2.05, 4.69) is 11.0 Å². The van der Waals surface area contributed by atoms with Gasteiger partial charge in [-0.25, -0.2) is 0 Å². The second-order valence-corrected chi connectivity index (χ2v) is 5.92. The number of carboxylic acids is 1. The first kappa shape index (κ1) is 17.9. The van der Waals surface area contributed by atoms with Crippen molar-refractivity contribution in [3.8, 4) is 11.5 Å². The van der Waals surface area contributed by atoms with E-state index in [-0.39, 0.29) is 18.8 Å². The number of para-hydroxylation sites is 1. The van der Waals surface area contributed by atoms with Gasteiger partial charge in [0.25, 0.3) is 0 Å². The van der Waals surface area contributed by atoms with Gasteiger partial charge in [-0.05, 0) is 44.8 Å². The molecule has 6 heteroatoms. The highest BCUT2D eigenvalue weighted by atomic mass is 35.5. The summed E-state index contributed by atoms with van der Waals surface area (Å²) in [4.78, 5) is 13.1. The lowest BCUT2D eigenvalue weighted by atomic mass is 10.0. The van der Waals surface area contributed by atoms with Crippen molar-refractivity contribution in [3.63, 3.8) is 0 Å². The van der Waals surface area contributed by atoms with Crippen molar-refractivity contribution >= 4 is 18.4 Å². The van der Waals surface area contributed by atoms with Crippen LogP contribution in [0.15, 0.2) is 18.2 Å². The minimum Gasteiger partial charge on any atom is -0.486 e. The molecule has 1 N–H and O–H groups in total. The van der Waals surface area contributed by atoms with E-state index in [1.54, 1.807) is 0 Å². The van der Waals surface area contributed by atoms with Gasteiger partial charge in [0.1, 0.15) is 13.2 Å². The summed E-state index contributed by atoms with van der Waals surface area (Å²) in [6.45, 7) is 3.24. The minimum atomic E-state index is -0.708. The van der Waals surface area contributed by atoms with Crippen molar-refractivity contribution in [2.24, 2.45) is 0 Å². The van der Waals surface area contributed by atoms with E-state index >= 15 is 0 Å². The highest BCUT2D eigenvalue weighted by Crippen LogP contribution is 2.42. The lowest BCUT2D eigenvalue weighted by Crippen LogP contribution is -2.26. The number of unbranched alkanes of at least 4 members (excludes halogenated alkanes) is 1. The molecule has 0 saturated carbocycles. The van der Waals surface area contributed by atoms with E-state index in [0.29, 0.717) is 19.3 Å². The van der Waals surface area contributed by atoms with Crippen LogP contribution in [-0.4, -0.2) is 42.3 Å². The van der Waals surface area contributed by atoms with Crippen LogP contribution >= 0.6 is 12.4 Å². The predicted octanol–water partition coefficient (Wildman–Crippen LogP) is 3.27. The number of carboxylic acid groups (broad SMARTS) is 1. The van der Waals surface area contributed by atoms with Crippen LogP contribution in [0.1, 0.15) is 43.7 Å². The number of aliphatic carboxylic acids is 1. The molecule has 1 saturated heterocycles. The maximum absolute atomic E-state index is 10.6. The van der Waals surface area contributed by atoms with Crippen LogP contribution in [0.25, 0.3) is 0 Å². The van der Waals surface area contributed by atoms with Gasteiger partial charge >= 0.3 is 5.97 Å². The Kier molecular flexibility index (Phi) is 6.54. The lowest BCUT2D eigenvalue weighted by molar-refractivity contribution is -0.137. The van der Waals surface area contributed by atoms with Crippen molar-refractivity contribution in [2.75, 3.05) is 26.3 Å². The Bertz CT molecular complexity index is 537. The molecule has 1 aromatic rings. The van der Waals surface area contributed by atoms with Crippen molar-refractivity contribution < 1.29 is 19.4 Å². The van der Waals surface area contributed by atoms with Gasteiger partial charge < -0.3 is 14.6 Å². The zero-order valence-corrected chi connectivity index (χ0v) is 14.0. The molecule has 1 unspecified atom stereocenters. The average molecular weight is 342 g/mol. The van der Waals surface area contributed by atoms with E-state index in [0.717, 1.165) is 43.9 Å². The second kappa shape index (κ2) is 8.41. The third-order valence-electron chi connectivity index (χ3n) is 4.41. The number of hydrogen-bond donors (Lipinski definition) is 1. The number of hydrogen-bond acceptors (Lipinski definition) is 4. The molecule has 1 fully saturated rings. The molecule has 1 aromatic carbocycles. The number of carbonyl (C=O) groups is 1. The number of rotatable bonds is 6. The van der Waals surface area contributed by atoms with E-state index < -0.39 is 5.97 Å². The van der Waals surface area contributed by atoms with Crippen LogP contribution in [-0.2, 0) is 4.79 Å². The molecule has 23 heavy (non-hydrogen) atoms. The molecule has 0 amide bonds. The quantitative estimate of drug-likeness (QED) is 0.805. The SMILES string of the molecule is Cl.O=C(O)CCCCN1CCCC1c1cccc2c1OCCO2. The van der Waals surface area contributed by atoms with Crippen molar-refractivity contribution in [1.29, 1.82) is 0 Å². The Morgan fingerprint density at radius 2 is 2.09 bits per heavy atom. The molecule has 0 aromatic heterocycles. The highest BCUT2D eigenvalue weighted by Gasteiger charge is 2.30. The largest absolute Gasteiger partial charge is 0.486 e. The lowest BCUT2D eigenvalue weighted by Gasteiger charge is -2.28. The number of fused-ring (bicyclic) bond motifs is 1. The fraction of sp³-hybridized carbons (Fsp3) is 0.588. The zero-order valence-electron chi connectivity index (χ0n) is 13.2. The summed E-state index contributed by atoms with van der Waals surface area (Å²) in [6, 6.07) is 6.49. The summed E-state index contributed by atoms with van der Waals surface area (Å²) in [6.07, 6.45) is 4.23. The fourth-order valence-electron chi connectivity index (χ4n) is 3.40. The molecular formula is C17H24ClNO4. The Morgan fingerprint density at radius 1 is 1.26 bits per heavy atom. The summed E-state index contributed by atoms with van der Waals surface area (Å²) in [5.74, 6) is 1.04. The first-order valence-electron chi connectivity index (χ1n) is 8.10. The smallest absolute Gasteiger partial charge is 0.303 e. The normalized spacial score (nSPS) is 20.1. The van der Waals surface area contributed by atoms with Gasteiger partial charge in [0.15, 0.2) is 11.5 Å². The molecule has 3 rings (SSSR count). The Labute approximate surface area is 143 Å². The maximum atomic E-state index is 10.6. The number of halogens is 1. The first-order valence-corrected chi connectivity index (χ1v) is 8.10. The molecular weight excluding hydrogens is 318 g/mol. The summed E-state index contributed by atoms with van der Waals surface area (Å²) >= 11 is 0. The number of likely N-dealkylation sites (tertiary alicyclic amines) is 1. The number of nitrogens with zero attached hydrogens (tertiary/aromatic N) is 1. The van der Waals surface area contributed by atoms with Gasteiger partial charge in [-0.15, -0.1) is 12.4 Å². The minimum absolute atomic E-state index is 0. The van der Waals surface area contributed by atoms with E-state index in [1.165, 1.54) is 12.0 Å². The van der Waals surface area contributed by atoms with Crippen LogP contribution in [0.3, 0.4) is 0 Å². The first-order chi connectivity index (χ1) is 10.8. The van der Waals surface area contributed by atoms with Crippen LogP contribution < -0.4 is 9.47 Å². The van der Waals surface area contributed by atoms with Gasteiger partial charge in [-0.2, -0.15) is 0 Å². The Hall–Kier alpha value is -1.46. The Morgan fingerprint density at radius 3 is 2.91 bits per heavy atom. The third-order valence-corrected chi connectivity index (χ3v) is 4.41. The summed E-state index contributed by atoms with van der Waals surface area (Å²) in [5, 5.41) is 8.72. The number of ether oxygens (including phenoxy) is 2. The van der Waals surface area contributed by atoms with Gasteiger partial charge in [-0.1, -0.05) is 12.1 Å². The van der Waals surface area contributed by atoms with Crippen LogP contribution in [0.4, 0.5) is 0 Å². The van der Waals surface area contributed by atoms with Crippen molar-refractivity contribution in [2.45, 2.75) is 38.1 Å². The molecule has 0 radical (unpaired) electrons. The molecule has 0 bridgehead atoms. The molecule has 0 spiro atoms. The topological polar surface area (TPSA) is 59.0 Å². The molecule has 5 nitrogen and oxygen atoms in total. The van der Waals surface area contributed by atoms with E-state index in [9.17, 15) is 4.79 Å². The molecule has 1 atom stereocenters. The Balaban J connectivity index is 0.00000192. The zero-order chi connectivity index (χ0) is 15.4. The predicted molar refractivity (Wildman–Crippen MR) is 89.7 cm³/mol. The highest BCUT2D eigenvalue weighted by molar-refractivity contribution is 5.85. The van der Waals surface area contributed by atoms with Crippen LogP contribution in [0, 0.1) is 0 Å². The summed E-state index contributed by atoms with van der Waals surface area (Å²) < 4.78 is 11.5. The molecule has 128 valence electrons. The maximum Gasteiger partial charge on any atom is 0.303 e. The van der Waals surface area contributed by atoms with Gasteiger partial charge in [-0.3, -0.25) is 9.69 Å². The van der Waals surface area contributed by atoms with Crippen LogP contribution in [0.5, 0.6) is 11.5 Å². The molecule has 2 heterocycles. The molecule has 2 aliphatic rings. The average Bonchev–Trinajstić information content (AvgIpc) is 2.99. The monoisotopic (exact) mass is 341 g/mol. The fourth-order valence-corrected chi connectivity index (χ4v) is 3.40. The standard InChI is InChI=1S/C17H23NO4.ClH/c19-16(20)8-1-2-9-18-10-4-6-14(18)13-5-3-7-15-17(13)22-12-11-21-15;/h3,5,7,14H,1-2,4,6,8-12H2,(H,19,20);1H. The summed E-state index contributed by atoms with van der Waals surface area (Å²) in [7, 11) is 0. The van der Waals surface area contributed by atoms with Crippen molar-refractivity contribution in [3.05, 3.63) is 23.8 Å². The second-order valence-electron chi connectivity index (χ2n) is 5.92.